The third-order valence-electron chi connectivity index (χ3n) is 5.45. The molecule has 0 saturated heterocycles. The number of nitro benzene ring substituents is 1. The van der Waals surface area contributed by atoms with E-state index in [9.17, 15) is 19.7 Å². The molecule has 0 N–H and O–H groups in total. The zero-order valence-corrected chi connectivity index (χ0v) is 14.9. The Hall–Kier alpha value is -3.22. The summed E-state index contributed by atoms with van der Waals surface area (Å²) < 4.78 is 5.27. The molecule has 1 aliphatic carbocycles. The summed E-state index contributed by atoms with van der Waals surface area (Å²) >= 11 is 0. The van der Waals surface area contributed by atoms with E-state index in [1.54, 1.807) is 24.0 Å². The van der Waals surface area contributed by atoms with Crippen LogP contribution in [0.1, 0.15) is 30.9 Å². The third kappa shape index (κ3) is 2.21. The largest absolute Gasteiger partial charge is 0.466 e. The molecule has 1 aliphatic heterocycles. The quantitative estimate of drug-likeness (QED) is 0.471. The molecule has 7 heteroatoms. The van der Waals surface area contributed by atoms with Gasteiger partial charge in [-0.1, -0.05) is 18.2 Å². The Balaban J connectivity index is 1.89. The SMILES string of the molecule is CCOC(=O)[C@H]1[C@@H]2c3ccccc3N(C(C)=O)[C@]12c1ccc([N+](=O)[O-])cc1. The lowest BCUT2D eigenvalue weighted by molar-refractivity contribution is -0.384. The maximum atomic E-state index is 12.7. The highest BCUT2D eigenvalue weighted by atomic mass is 16.6. The van der Waals surface area contributed by atoms with Crippen molar-refractivity contribution in [1.82, 2.24) is 0 Å². The van der Waals surface area contributed by atoms with Crippen LogP contribution in [0.2, 0.25) is 0 Å². The van der Waals surface area contributed by atoms with Crippen LogP contribution in [0.15, 0.2) is 48.5 Å². The molecule has 0 spiro atoms. The van der Waals surface area contributed by atoms with E-state index in [-0.39, 0.29) is 30.1 Å². The van der Waals surface area contributed by atoms with Crippen molar-refractivity contribution >= 4 is 23.3 Å². The van der Waals surface area contributed by atoms with E-state index in [0.29, 0.717) is 5.56 Å². The molecule has 0 aromatic heterocycles. The Morgan fingerprint density at radius 3 is 2.44 bits per heavy atom. The van der Waals surface area contributed by atoms with Gasteiger partial charge < -0.3 is 9.64 Å². The van der Waals surface area contributed by atoms with Crippen molar-refractivity contribution in [2.75, 3.05) is 11.5 Å². The Bertz CT molecular complexity index is 955. The van der Waals surface area contributed by atoms with E-state index >= 15 is 0 Å². The smallest absolute Gasteiger partial charge is 0.312 e. The zero-order valence-electron chi connectivity index (χ0n) is 14.9. The van der Waals surface area contributed by atoms with Crippen molar-refractivity contribution in [2.45, 2.75) is 25.3 Å². The molecule has 1 fully saturated rings. The van der Waals surface area contributed by atoms with Gasteiger partial charge in [0.05, 0.1) is 23.0 Å². The molecular weight excluding hydrogens is 348 g/mol. The fraction of sp³-hybridized carbons (Fsp3) is 0.300. The maximum absolute atomic E-state index is 12.7. The van der Waals surface area contributed by atoms with Gasteiger partial charge in [0.25, 0.3) is 5.69 Å². The number of benzene rings is 2. The number of amides is 1. The Labute approximate surface area is 155 Å². The van der Waals surface area contributed by atoms with Gasteiger partial charge in [-0.25, -0.2) is 0 Å². The maximum Gasteiger partial charge on any atom is 0.312 e. The summed E-state index contributed by atoms with van der Waals surface area (Å²) in [4.78, 5) is 37.4. The molecule has 0 unspecified atom stereocenters. The topological polar surface area (TPSA) is 89.8 Å². The Morgan fingerprint density at radius 1 is 1.19 bits per heavy atom. The zero-order chi connectivity index (χ0) is 19.3. The summed E-state index contributed by atoms with van der Waals surface area (Å²) in [5, 5.41) is 11.0. The van der Waals surface area contributed by atoms with Gasteiger partial charge in [-0.3, -0.25) is 19.7 Å². The highest BCUT2D eigenvalue weighted by Gasteiger charge is 2.78. The lowest BCUT2D eigenvalue weighted by Crippen LogP contribution is -2.41. The van der Waals surface area contributed by atoms with E-state index in [0.717, 1.165) is 11.3 Å². The van der Waals surface area contributed by atoms with Crippen LogP contribution in [0.4, 0.5) is 11.4 Å². The fourth-order valence-electron chi connectivity index (χ4n) is 4.54. The first-order valence-corrected chi connectivity index (χ1v) is 8.75. The number of hydrogen-bond acceptors (Lipinski definition) is 5. The number of fused-ring (bicyclic) bond motifs is 3. The number of nitro groups is 1. The summed E-state index contributed by atoms with van der Waals surface area (Å²) in [5.74, 6) is -1.30. The van der Waals surface area contributed by atoms with Gasteiger partial charge in [0.15, 0.2) is 0 Å². The van der Waals surface area contributed by atoms with Gasteiger partial charge in [0.2, 0.25) is 5.91 Å². The Morgan fingerprint density at radius 2 is 1.85 bits per heavy atom. The first-order chi connectivity index (χ1) is 12.9. The minimum absolute atomic E-state index is 0.0371. The van der Waals surface area contributed by atoms with Gasteiger partial charge in [0.1, 0.15) is 0 Å². The molecule has 27 heavy (non-hydrogen) atoms. The first kappa shape index (κ1) is 17.2. The standard InChI is InChI=1S/C20H18N2O5/c1-3-27-19(24)18-17-15-6-4-5-7-16(15)21(12(2)23)20(17,18)13-8-10-14(11-9-13)22(25)26/h4-11,17-18H,3H2,1-2H3/t17-,18+,20-/m0/s1. The predicted molar refractivity (Wildman–Crippen MR) is 97.2 cm³/mol. The molecular formula is C20H18N2O5. The molecule has 0 bridgehead atoms. The number of non-ortho nitro benzene ring substituents is 1. The summed E-state index contributed by atoms with van der Waals surface area (Å²) in [7, 11) is 0. The van der Waals surface area contributed by atoms with Gasteiger partial charge in [-0.2, -0.15) is 0 Å². The van der Waals surface area contributed by atoms with Crippen molar-refractivity contribution in [3.63, 3.8) is 0 Å². The van der Waals surface area contributed by atoms with Crippen LogP contribution in [0.5, 0.6) is 0 Å². The number of nitrogens with zero attached hydrogens (tertiary/aromatic N) is 2. The Kier molecular flexibility index (Phi) is 3.76. The molecule has 0 radical (unpaired) electrons. The number of rotatable bonds is 4. The second kappa shape index (κ2) is 5.90. The summed E-state index contributed by atoms with van der Waals surface area (Å²) in [6.07, 6.45) is 0. The fourth-order valence-corrected chi connectivity index (χ4v) is 4.54. The highest BCUT2D eigenvalue weighted by Crippen LogP contribution is 2.74. The molecule has 1 amide bonds. The average Bonchev–Trinajstić information content (AvgIpc) is 3.23. The van der Waals surface area contributed by atoms with E-state index < -0.39 is 16.4 Å². The summed E-state index contributed by atoms with van der Waals surface area (Å²) in [5.41, 5.74) is 1.46. The molecule has 3 atom stereocenters. The van der Waals surface area contributed by atoms with Crippen molar-refractivity contribution in [2.24, 2.45) is 5.92 Å². The molecule has 4 rings (SSSR count). The minimum Gasteiger partial charge on any atom is -0.466 e. The number of hydrogen-bond donors (Lipinski definition) is 0. The van der Waals surface area contributed by atoms with Crippen molar-refractivity contribution in [3.05, 3.63) is 69.8 Å². The average molecular weight is 366 g/mol. The normalized spacial score (nSPS) is 24.7. The van der Waals surface area contributed by atoms with Gasteiger partial charge in [0, 0.05) is 30.7 Å². The number of esters is 1. The molecule has 2 aromatic rings. The summed E-state index contributed by atoms with van der Waals surface area (Å²) in [6.45, 7) is 3.46. The summed E-state index contributed by atoms with van der Waals surface area (Å²) in [6, 6.07) is 13.6. The molecule has 1 saturated carbocycles. The first-order valence-electron chi connectivity index (χ1n) is 8.75. The predicted octanol–water partition coefficient (Wildman–Crippen LogP) is 3.13. The molecule has 7 nitrogen and oxygen atoms in total. The van der Waals surface area contributed by atoms with Crippen LogP contribution in [0.3, 0.4) is 0 Å². The number of anilines is 1. The second-order valence-corrected chi connectivity index (χ2v) is 6.75. The molecule has 138 valence electrons. The van der Waals surface area contributed by atoms with Crippen molar-refractivity contribution in [3.8, 4) is 0 Å². The van der Waals surface area contributed by atoms with Crippen LogP contribution in [0.25, 0.3) is 0 Å². The number of carbonyl (C=O) groups excluding carboxylic acids is 2. The molecule has 2 aromatic carbocycles. The number of ether oxygens (including phenoxy) is 1. The lowest BCUT2D eigenvalue weighted by atomic mass is 9.99. The van der Waals surface area contributed by atoms with Gasteiger partial charge in [-0.05, 0) is 36.2 Å². The van der Waals surface area contributed by atoms with E-state index in [2.05, 4.69) is 0 Å². The minimum atomic E-state index is -0.892. The van der Waals surface area contributed by atoms with E-state index in [1.807, 2.05) is 24.3 Å². The van der Waals surface area contributed by atoms with E-state index in [4.69, 9.17) is 4.74 Å². The molecule has 1 heterocycles. The van der Waals surface area contributed by atoms with Crippen LogP contribution >= 0.6 is 0 Å². The number of para-hydroxylation sites is 1. The van der Waals surface area contributed by atoms with Crippen molar-refractivity contribution < 1.29 is 19.2 Å². The van der Waals surface area contributed by atoms with Crippen LogP contribution in [-0.2, 0) is 19.9 Å². The number of carbonyl (C=O) groups is 2. The third-order valence-corrected chi connectivity index (χ3v) is 5.45. The second-order valence-electron chi connectivity index (χ2n) is 6.75. The van der Waals surface area contributed by atoms with Crippen molar-refractivity contribution in [1.29, 1.82) is 0 Å². The van der Waals surface area contributed by atoms with E-state index in [1.165, 1.54) is 19.1 Å². The van der Waals surface area contributed by atoms with Crippen LogP contribution in [0, 0.1) is 16.0 Å². The molecule has 2 aliphatic rings. The van der Waals surface area contributed by atoms with Gasteiger partial charge in [-0.15, -0.1) is 0 Å². The van der Waals surface area contributed by atoms with Gasteiger partial charge >= 0.3 is 5.97 Å². The monoisotopic (exact) mass is 366 g/mol. The van der Waals surface area contributed by atoms with Crippen LogP contribution < -0.4 is 4.90 Å². The van der Waals surface area contributed by atoms with Crippen LogP contribution in [-0.4, -0.2) is 23.4 Å². The lowest BCUT2D eigenvalue weighted by Gasteiger charge is -2.30. The highest BCUT2D eigenvalue weighted by molar-refractivity contribution is 6.02.